The summed E-state index contributed by atoms with van der Waals surface area (Å²) in [7, 11) is 2.04. The Labute approximate surface area is 204 Å². The number of ether oxygens (including phenoxy) is 2. The van der Waals surface area contributed by atoms with E-state index in [-0.39, 0.29) is 29.7 Å². The third kappa shape index (κ3) is 3.79. The highest BCUT2D eigenvalue weighted by Crippen LogP contribution is 2.49. The van der Waals surface area contributed by atoms with Crippen LogP contribution in [0.2, 0.25) is 0 Å². The molecule has 4 nitrogen and oxygen atoms in total. The second kappa shape index (κ2) is 8.56. The maximum absolute atomic E-state index is 15.1. The minimum absolute atomic E-state index is 0.0374. The lowest BCUT2D eigenvalue weighted by Crippen LogP contribution is -2.07. The van der Waals surface area contributed by atoms with Crippen molar-refractivity contribution in [1.82, 2.24) is 4.57 Å². The Morgan fingerprint density at radius 3 is 2.69 bits per heavy atom. The fourth-order valence-electron chi connectivity index (χ4n) is 5.65. The van der Waals surface area contributed by atoms with Gasteiger partial charge in [-0.15, -0.1) is 0 Å². The van der Waals surface area contributed by atoms with Crippen LogP contribution in [-0.2, 0) is 23.0 Å². The molecule has 35 heavy (non-hydrogen) atoms. The molecule has 0 amide bonds. The first-order chi connectivity index (χ1) is 17.0. The molecule has 0 radical (unpaired) electrons. The highest BCUT2D eigenvalue weighted by Gasteiger charge is 2.45. The van der Waals surface area contributed by atoms with E-state index >= 15 is 4.39 Å². The number of carbonyl (C=O) groups excluding carboxylic acids is 1. The van der Waals surface area contributed by atoms with E-state index in [9.17, 15) is 4.79 Å². The topological polar surface area (TPSA) is 40.5 Å². The Bertz CT molecular complexity index is 1420. The van der Waals surface area contributed by atoms with Crippen molar-refractivity contribution in [1.29, 1.82) is 0 Å². The Hall–Kier alpha value is -3.60. The molecule has 1 fully saturated rings. The number of para-hydroxylation sites is 1. The zero-order chi connectivity index (χ0) is 24.1. The smallest absolute Gasteiger partial charge is 0.309 e. The number of nitrogens with zero attached hydrogens (tertiary/aromatic N) is 1. The zero-order valence-electron chi connectivity index (χ0n) is 20.0. The van der Waals surface area contributed by atoms with Gasteiger partial charge in [0.1, 0.15) is 17.7 Å². The van der Waals surface area contributed by atoms with Crippen molar-refractivity contribution in [3.63, 3.8) is 0 Å². The normalized spacial score (nSPS) is 20.6. The van der Waals surface area contributed by atoms with Crippen LogP contribution >= 0.6 is 0 Å². The Morgan fingerprint density at radius 2 is 1.89 bits per heavy atom. The Balaban J connectivity index is 1.25. The SMILES string of the molecule is CCOC(=O)[C@H]1C[C@@H]1c1ccc(O[C@@H]2CCc3c(-c4cccc5ccn(C)c45)ccc(F)c32)cc1. The number of benzene rings is 3. The second-order valence-electron chi connectivity index (χ2n) is 9.57. The van der Waals surface area contributed by atoms with E-state index in [4.69, 9.17) is 9.47 Å². The van der Waals surface area contributed by atoms with Gasteiger partial charge in [-0.1, -0.05) is 36.4 Å². The standard InChI is InChI=1S/C30H28FNO3/c1-3-34-30(33)25-17-24(25)18-7-9-20(10-8-18)35-27-14-12-22-21(11-13-26(31)28(22)27)23-6-4-5-19-15-16-32(2)29(19)23/h4-11,13,15-16,24-25,27H,3,12,14,17H2,1-2H3/t24-,25+,27-/m1/s1. The molecule has 0 saturated heterocycles. The third-order valence-electron chi connectivity index (χ3n) is 7.44. The van der Waals surface area contributed by atoms with E-state index in [0.29, 0.717) is 17.9 Å². The molecule has 1 aromatic heterocycles. The minimum atomic E-state index is -0.323. The lowest BCUT2D eigenvalue weighted by Gasteiger charge is -2.17. The third-order valence-corrected chi connectivity index (χ3v) is 7.44. The predicted molar refractivity (Wildman–Crippen MR) is 134 cm³/mol. The van der Waals surface area contributed by atoms with Crippen LogP contribution in [0.15, 0.2) is 66.9 Å². The molecule has 2 aliphatic carbocycles. The second-order valence-corrected chi connectivity index (χ2v) is 9.57. The summed E-state index contributed by atoms with van der Waals surface area (Å²) in [4.78, 5) is 12.0. The quantitative estimate of drug-likeness (QED) is 0.295. The number of esters is 1. The van der Waals surface area contributed by atoms with Gasteiger partial charge in [-0.3, -0.25) is 4.79 Å². The van der Waals surface area contributed by atoms with Gasteiger partial charge in [-0.25, -0.2) is 4.39 Å². The first-order valence-corrected chi connectivity index (χ1v) is 12.3. The molecular weight excluding hydrogens is 441 g/mol. The van der Waals surface area contributed by atoms with Crippen molar-refractivity contribution in [2.45, 2.75) is 38.2 Å². The summed E-state index contributed by atoms with van der Waals surface area (Å²) < 4.78 is 28.7. The first-order valence-electron chi connectivity index (χ1n) is 12.3. The van der Waals surface area contributed by atoms with Crippen LogP contribution in [0, 0.1) is 11.7 Å². The summed E-state index contributed by atoms with van der Waals surface area (Å²) in [5, 5.41) is 1.18. The lowest BCUT2D eigenvalue weighted by atomic mass is 9.95. The van der Waals surface area contributed by atoms with E-state index in [0.717, 1.165) is 47.0 Å². The molecule has 178 valence electrons. The van der Waals surface area contributed by atoms with Crippen LogP contribution in [0.5, 0.6) is 5.75 Å². The van der Waals surface area contributed by atoms with Gasteiger partial charge in [0.25, 0.3) is 0 Å². The lowest BCUT2D eigenvalue weighted by molar-refractivity contribution is -0.144. The number of aryl methyl sites for hydroxylation is 1. The van der Waals surface area contributed by atoms with Gasteiger partial charge in [0.05, 0.1) is 18.0 Å². The summed E-state index contributed by atoms with van der Waals surface area (Å²) >= 11 is 0. The molecule has 0 N–H and O–H groups in total. The van der Waals surface area contributed by atoms with Crippen molar-refractivity contribution in [2.75, 3.05) is 6.61 Å². The summed E-state index contributed by atoms with van der Waals surface area (Å²) in [6, 6.07) is 19.8. The van der Waals surface area contributed by atoms with E-state index in [1.165, 1.54) is 5.39 Å². The number of hydrogen-bond donors (Lipinski definition) is 0. The molecule has 0 unspecified atom stereocenters. The molecule has 1 saturated carbocycles. The summed E-state index contributed by atoms with van der Waals surface area (Å²) in [6.45, 7) is 2.24. The summed E-state index contributed by atoms with van der Waals surface area (Å²) in [5.41, 5.74) is 6.18. The van der Waals surface area contributed by atoms with E-state index in [1.807, 2.05) is 44.3 Å². The van der Waals surface area contributed by atoms with Crippen molar-refractivity contribution in [2.24, 2.45) is 13.0 Å². The van der Waals surface area contributed by atoms with E-state index in [2.05, 4.69) is 35.0 Å². The maximum Gasteiger partial charge on any atom is 0.309 e. The molecule has 4 aromatic rings. The van der Waals surface area contributed by atoms with Crippen molar-refractivity contribution in [3.05, 3.63) is 89.4 Å². The van der Waals surface area contributed by atoms with Gasteiger partial charge in [0.15, 0.2) is 0 Å². The fraction of sp³-hybridized carbons (Fsp3) is 0.300. The average Bonchev–Trinajstić information content (AvgIpc) is 3.42. The average molecular weight is 470 g/mol. The van der Waals surface area contributed by atoms with E-state index < -0.39 is 0 Å². The van der Waals surface area contributed by atoms with Crippen LogP contribution in [-0.4, -0.2) is 17.1 Å². The van der Waals surface area contributed by atoms with Crippen LogP contribution < -0.4 is 4.74 Å². The summed E-state index contributed by atoms with van der Waals surface area (Å²) in [6.07, 6.45) is 4.08. The molecule has 6 rings (SSSR count). The first kappa shape index (κ1) is 21.9. The molecule has 1 heterocycles. The number of aromatic nitrogens is 1. The van der Waals surface area contributed by atoms with Crippen molar-refractivity contribution < 1.29 is 18.7 Å². The Morgan fingerprint density at radius 1 is 1.06 bits per heavy atom. The van der Waals surface area contributed by atoms with Gasteiger partial charge in [0.2, 0.25) is 0 Å². The number of fused-ring (bicyclic) bond motifs is 2. The van der Waals surface area contributed by atoms with Crippen LogP contribution in [0.1, 0.15) is 48.5 Å². The summed E-state index contributed by atoms with van der Waals surface area (Å²) in [5.74, 6) is 0.573. The van der Waals surface area contributed by atoms with Crippen molar-refractivity contribution in [3.8, 4) is 16.9 Å². The molecule has 0 spiro atoms. The van der Waals surface area contributed by atoms with Crippen LogP contribution in [0.4, 0.5) is 4.39 Å². The molecule has 5 heteroatoms. The molecule has 3 aromatic carbocycles. The molecule has 0 aliphatic heterocycles. The van der Waals surface area contributed by atoms with Gasteiger partial charge in [0, 0.05) is 29.8 Å². The Kier molecular flexibility index (Phi) is 5.36. The minimum Gasteiger partial charge on any atom is -0.486 e. The predicted octanol–water partition coefficient (Wildman–Crippen LogP) is 6.72. The molecule has 0 bridgehead atoms. The fourth-order valence-corrected chi connectivity index (χ4v) is 5.65. The monoisotopic (exact) mass is 469 g/mol. The molecule has 2 aliphatic rings. The van der Waals surface area contributed by atoms with Crippen LogP contribution in [0.3, 0.4) is 0 Å². The van der Waals surface area contributed by atoms with Crippen molar-refractivity contribution >= 4 is 16.9 Å². The maximum atomic E-state index is 15.1. The number of carbonyl (C=O) groups is 1. The highest BCUT2D eigenvalue weighted by atomic mass is 19.1. The zero-order valence-corrected chi connectivity index (χ0v) is 20.0. The number of hydrogen-bond acceptors (Lipinski definition) is 3. The highest BCUT2D eigenvalue weighted by molar-refractivity contribution is 5.95. The molecule has 3 atom stereocenters. The largest absolute Gasteiger partial charge is 0.486 e. The van der Waals surface area contributed by atoms with E-state index in [1.54, 1.807) is 6.07 Å². The molecular formula is C30H28FNO3. The van der Waals surface area contributed by atoms with Gasteiger partial charge < -0.3 is 14.0 Å². The number of rotatable bonds is 6. The van der Waals surface area contributed by atoms with Gasteiger partial charge >= 0.3 is 5.97 Å². The van der Waals surface area contributed by atoms with Gasteiger partial charge in [-0.05, 0) is 73.1 Å². The number of halogens is 1. The van der Waals surface area contributed by atoms with Gasteiger partial charge in [-0.2, -0.15) is 0 Å². The van der Waals surface area contributed by atoms with Crippen LogP contribution in [0.25, 0.3) is 22.0 Å².